The van der Waals surface area contributed by atoms with E-state index in [9.17, 15) is 4.79 Å². The lowest BCUT2D eigenvalue weighted by atomic mass is 10.0. The summed E-state index contributed by atoms with van der Waals surface area (Å²) in [6, 6.07) is 8.51. The van der Waals surface area contributed by atoms with Crippen LogP contribution in [0.4, 0.5) is 4.79 Å². The fourth-order valence-electron chi connectivity index (χ4n) is 2.79. The number of carbonyl (C=O) groups is 1. The number of aryl methyl sites for hydroxylation is 1. The molecule has 1 aromatic rings. The van der Waals surface area contributed by atoms with Gasteiger partial charge in [0.15, 0.2) is 0 Å². The SMILES string of the molecule is Cc1ccc([C@@H](CNC(=O)NCCN2CCOCC2)N(C)C)cc1. The van der Waals surface area contributed by atoms with Crippen LogP contribution in [-0.4, -0.2) is 75.9 Å². The van der Waals surface area contributed by atoms with Crippen LogP contribution in [0.2, 0.25) is 0 Å². The van der Waals surface area contributed by atoms with Crippen molar-refractivity contribution >= 4 is 6.03 Å². The summed E-state index contributed by atoms with van der Waals surface area (Å²) in [7, 11) is 4.06. The molecule has 0 radical (unpaired) electrons. The van der Waals surface area contributed by atoms with Gasteiger partial charge in [-0.05, 0) is 26.6 Å². The van der Waals surface area contributed by atoms with Crippen LogP contribution in [0, 0.1) is 6.92 Å². The number of ether oxygens (including phenoxy) is 1. The lowest BCUT2D eigenvalue weighted by molar-refractivity contribution is 0.0387. The van der Waals surface area contributed by atoms with Gasteiger partial charge in [0.25, 0.3) is 0 Å². The Morgan fingerprint density at radius 1 is 1.21 bits per heavy atom. The van der Waals surface area contributed by atoms with Crippen LogP contribution >= 0.6 is 0 Å². The first kappa shape index (κ1) is 18.7. The molecule has 24 heavy (non-hydrogen) atoms. The molecule has 2 rings (SSSR count). The van der Waals surface area contributed by atoms with Gasteiger partial charge in [-0.15, -0.1) is 0 Å². The predicted molar refractivity (Wildman–Crippen MR) is 96.3 cm³/mol. The van der Waals surface area contributed by atoms with E-state index in [1.165, 1.54) is 11.1 Å². The summed E-state index contributed by atoms with van der Waals surface area (Å²) in [6.07, 6.45) is 0. The van der Waals surface area contributed by atoms with Crippen molar-refractivity contribution in [3.8, 4) is 0 Å². The van der Waals surface area contributed by atoms with E-state index in [0.29, 0.717) is 13.1 Å². The van der Waals surface area contributed by atoms with E-state index < -0.39 is 0 Å². The third-order valence-electron chi connectivity index (χ3n) is 4.36. The third kappa shape index (κ3) is 6.11. The molecule has 1 saturated heterocycles. The molecule has 6 nitrogen and oxygen atoms in total. The van der Waals surface area contributed by atoms with Gasteiger partial charge >= 0.3 is 6.03 Å². The number of likely N-dealkylation sites (N-methyl/N-ethyl adjacent to an activating group) is 1. The van der Waals surface area contributed by atoms with Crippen LogP contribution in [0.15, 0.2) is 24.3 Å². The molecule has 1 aliphatic heterocycles. The van der Waals surface area contributed by atoms with Gasteiger partial charge in [0, 0.05) is 32.7 Å². The van der Waals surface area contributed by atoms with Gasteiger partial charge in [-0.2, -0.15) is 0 Å². The van der Waals surface area contributed by atoms with E-state index in [-0.39, 0.29) is 12.1 Å². The topological polar surface area (TPSA) is 56.8 Å². The Balaban J connectivity index is 1.72. The normalized spacial score (nSPS) is 16.8. The highest BCUT2D eigenvalue weighted by atomic mass is 16.5. The number of hydrogen-bond donors (Lipinski definition) is 2. The highest BCUT2D eigenvalue weighted by Crippen LogP contribution is 2.17. The minimum absolute atomic E-state index is 0.109. The first-order chi connectivity index (χ1) is 11.6. The Morgan fingerprint density at radius 3 is 2.50 bits per heavy atom. The van der Waals surface area contributed by atoms with Crippen LogP contribution in [0.1, 0.15) is 17.2 Å². The Bertz CT molecular complexity index is 498. The minimum atomic E-state index is -0.109. The van der Waals surface area contributed by atoms with Gasteiger partial charge in [-0.3, -0.25) is 4.90 Å². The quantitative estimate of drug-likeness (QED) is 0.787. The molecule has 1 aromatic carbocycles. The fraction of sp³-hybridized carbons (Fsp3) is 0.611. The number of nitrogens with zero attached hydrogens (tertiary/aromatic N) is 2. The van der Waals surface area contributed by atoms with Crippen molar-refractivity contribution in [3.63, 3.8) is 0 Å². The summed E-state index contributed by atoms with van der Waals surface area (Å²) in [5, 5.41) is 5.91. The highest BCUT2D eigenvalue weighted by Gasteiger charge is 2.15. The second-order valence-corrected chi connectivity index (χ2v) is 6.48. The average molecular weight is 334 g/mol. The fourth-order valence-corrected chi connectivity index (χ4v) is 2.79. The molecule has 2 amide bonds. The maximum atomic E-state index is 12.0. The summed E-state index contributed by atoms with van der Waals surface area (Å²) >= 11 is 0. The smallest absolute Gasteiger partial charge is 0.314 e. The van der Waals surface area contributed by atoms with E-state index in [0.717, 1.165) is 32.8 Å². The molecule has 6 heteroatoms. The van der Waals surface area contributed by atoms with Crippen molar-refractivity contribution in [2.45, 2.75) is 13.0 Å². The molecule has 1 aliphatic rings. The van der Waals surface area contributed by atoms with Crippen molar-refractivity contribution < 1.29 is 9.53 Å². The number of hydrogen-bond acceptors (Lipinski definition) is 4. The second kappa shape index (κ2) is 9.61. The van der Waals surface area contributed by atoms with Crippen molar-refractivity contribution in [1.29, 1.82) is 0 Å². The number of morpholine rings is 1. The Labute approximate surface area is 145 Å². The number of carbonyl (C=O) groups excluding carboxylic acids is 1. The van der Waals surface area contributed by atoms with E-state index >= 15 is 0 Å². The van der Waals surface area contributed by atoms with E-state index in [1.807, 2.05) is 14.1 Å². The van der Waals surface area contributed by atoms with Crippen LogP contribution in [0.3, 0.4) is 0 Å². The lowest BCUT2D eigenvalue weighted by Gasteiger charge is -2.27. The molecule has 0 unspecified atom stereocenters. The second-order valence-electron chi connectivity index (χ2n) is 6.48. The third-order valence-corrected chi connectivity index (χ3v) is 4.36. The summed E-state index contributed by atoms with van der Waals surface area (Å²) in [5.74, 6) is 0. The first-order valence-electron chi connectivity index (χ1n) is 8.61. The van der Waals surface area contributed by atoms with Gasteiger partial charge in [0.2, 0.25) is 0 Å². The Hall–Kier alpha value is -1.63. The van der Waals surface area contributed by atoms with Gasteiger partial charge in [-0.1, -0.05) is 29.8 Å². The molecule has 0 aromatic heterocycles. The molecule has 0 spiro atoms. The molecule has 2 N–H and O–H groups in total. The van der Waals surface area contributed by atoms with Crippen LogP contribution in [-0.2, 0) is 4.74 Å². The monoisotopic (exact) mass is 334 g/mol. The van der Waals surface area contributed by atoms with E-state index in [2.05, 4.69) is 51.6 Å². The molecule has 134 valence electrons. The largest absolute Gasteiger partial charge is 0.379 e. The molecule has 0 saturated carbocycles. The zero-order chi connectivity index (χ0) is 17.4. The van der Waals surface area contributed by atoms with Gasteiger partial charge in [0.1, 0.15) is 0 Å². The summed E-state index contributed by atoms with van der Waals surface area (Å²) in [5.41, 5.74) is 2.45. The average Bonchev–Trinajstić information content (AvgIpc) is 2.57. The maximum absolute atomic E-state index is 12.0. The van der Waals surface area contributed by atoms with Crippen LogP contribution < -0.4 is 10.6 Å². The Morgan fingerprint density at radius 2 is 1.88 bits per heavy atom. The molecule has 0 bridgehead atoms. The molecular weight excluding hydrogens is 304 g/mol. The van der Waals surface area contributed by atoms with Crippen molar-refractivity contribution in [1.82, 2.24) is 20.4 Å². The number of amides is 2. The highest BCUT2D eigenvalue weighted by molar-refractivity contribution is 5.73. The number of nitrogens with one attached hydrogen (secondary N) is 2. The van der Waals surface area contributed by atoms with Crippen molar-refractivity contribution in [2.24, 2.45) is 0 Å². The minimum Gasteiger partial charge on any atom is -0.379 e. The molecular formula is C18H30N4O2. The van der Waals surface area contributed by atoms with E-state index in [1.54, 1.807) is 0 Å². The standard InChI is InChI=1S/C18H30N4O2/c1-15-4-6-16(7-5-15)17(21(2)3)14-20-18(23)19-8-9-22-10-12-24-13-11-22/h4-7,17H,8-14H2,1-3H3,(H2,19,20,23)/t17-/m1/s1. The van der Waals surface area contributed by atoms with Crippen LogP contribution in [0.5, 0.6) is 0 Å². The molecule has 1 heterocycles. The van der Waals surface area contributed by atoms with Crippen LogP contribution in [0.25, 0.3) is 0 Å². The summed E-state index contributed by atoms with van der Waals surface area (Å²) < 4.78 is 5.32. The van der Waals surface area contributed by atoms with Gasteiger partial charge in [-0.25, -0.2) is 4.79 Å². The first-order valence-corrected chi connectivity index (χ1v) is 8.61. The molecule has 0 aliphatic carbocycles. The predicted octanol–water partition coefficient (Wildman–Crippen LogP) is 1.23. The van der Waals surface area contributed by atoms with E-state index in [4.69, 9.17) is 4.74 Å². The number of rotatable bonds is 7. The zero-order valence-electron chi connectivity index (χ0n) is 15.0. The summed E-state index contributed by atoms with van der Waals surface area (Å²) in [4.78, 5) is 16.4. The maximum Gasteiger partial charge on any atom is 0.314 e. The van der Waals surface area contributed by atoms with Gasteiger partial charge in [0.05, 0.1) is 19.3 Å². The van der Waals surface area contributed by atoms with Crippen molar-refractivity contribution in [2.75, 3.05) is 60.0 Å². The summed E-state index contributed by atoms with van der Waals surface area (Å²) in [6.45, 7) is 7.64. The number of urea groups is 1. The zero-order valence-corrected chi connectivity index (χ0v) is 15.0. The number of benzene rings is 1. The van der Waals surface area contributed by atoms with Gasteiger partial charge < -0.3 is 20.3 Å². The lowest BCUT2D eigenvalue weighted by Crippen LogP contribution is -2.45. The molecule has 1 atom stereocenters. The Kier molecular flexibility index (Phi) is 7.49. The van der Waals surface area contributed by atoms with Crippen molar-refractivity contribution in [3.05, 3.63) is 35.4 Å². The molecule has 1 fully saturated rings.